The Morgan fingerprint density at radius 3 is 2.51 bits per heavy atom. The van der Waals surface area contributed by atoms with E-state index in [2.05, 4.69) is 76.6 Å². The standard InChI is InChI=1S/C31H31N3O/c1-23-12-4-6-16-26(23)31(35)32-21-10-2-3-20-30-33-28-18-8-9-19-29(28)34(30)22-25-15-11-14-24-13-5-7-17-27(24)25/h4-9,11-19H,2-3,10,20-22H2,1H3,(H,32,35). The molecule has 0 spiro atoms. The zero-order valence-corrected chi connectivity index (χ0v) is 20.2. The molecule has 4 heteroatoms. The average Bonchev–Trinajstić information content (AvgIpc) is 3.23. The highest BCUT2D eigenvalue weighted by Gasteiger charge is 2.12. The number of unbranched alkanes of at least 4 members (excludes halogenated alkanes) is 2. The van der Waals surface area contributed by atoms with Crippen LogP contribution in [0.3, 0.4) is 0 Å². The number of hydrogen-bond acceptors (Lipinski definition) is 2. The van der Waals surface area contributed by atoms with E-state index in [1.807, 2.05) is 31.2 Å². The lowest BCUT2D eigenvalue weighted by Gasteiger charge is -2.12. The van der Waals surface area contributed by atoms with Crippen LogP contribution in [0.4, 0.5) is 0 Å². The first-order valence-electron chi connectivity index (χ1n) is 12.5. The van der Waals surface area contributed by atoms with Crippen molar-refractivity contribution in [1.82, 2.24) is 14.9 Å². The smallest absolute Gasteiger partial charge is 0.251 e. The van der Waals surface area contributed by atoms with E-state index in [0.29, 0.717) is 6.54 Å². The highest BCUT2D eigenvalue weighted by Crippen LogP contribution is 2.24. The molecule has 1 aromatic heterocycles. The van der Waals surface area contributed by atoms with Crippen molar-refractivity contribution >= 4 is 27.7 Å². The second-order valence-electron chi connectivity index (χ2n) is 9.12. The van der Waals surface area contributed by atoms with Gasteiger partial charge in [0.2, 0.25) is 0 Å². The minimum atomic E-state index is 0.0139. The van der Waals surface area contributed by atoms with Gasteiger partial charge in [0.25, 0.3) is 5.91 Å². The van der Waals surface area contributed by atoms with E-state index in [0.717, 1.165) is 54.7 Å². The van der Waals surface area contributed by atoms with Crippen LogP contribution in [0.1, 0.15) is 46.6 Å². The maximum Gasteiger partial charge on any atom is 0.251 e. The lowest BCUT2D eigenvalue weighted by atomic mass is 10.0. The predicted octanol–water partition coefficient (Wildman–Crippen LogP) is 6.69. The van der Waals surface area contributed by atoms with Gasteiger partial charge in [0.1, 0.15) is 5.82 Å². The van der Waals surface area contributed by atoms with E-state index in [9.17, 15) is 4.79 Å². The first-order chi connectivity index (χ1) is 17.2. The average molecular weight is 462 g/mol. The Kier molecular flexibility index (Phi) is 6.89. The lowest BCUT2D eigenvalue weighted by molar-refractivity contribution is 0.0952. The van der Waals surface area contributed by atoms with Crippen LogP contribution in [0.5, 0.6) is 0 Å². The number of carbonyl (C=O) groups is 1. The van der Waals surface area contributed by atoms with Gasteiger partial charge in [-0.2, -0.15) is 0 Å². The number of para-hydroxylation sites is 2. The first kappa shape index (κ1) is 22.9. The number of amides is 1. The molecule has 0 aliphatic rings. The molecule has 0 saturated heterocycles. The number of aryl methyl sites for hydroxylation is 2. The number of imidazole rings is 1. The van der Waals surface area contributed by atoms with Gasteiger partial charge in [-0.3, -0.25) is 4.79 Å². The molecule has 0 aliphatic heterocycles. The largest absolute Gasteiger partial charge is 0.352 e. The summed E-state index contributed by atoms with van der Waals surface area (Å²) < 4.78 is 2.37. The van der Waals surface area contributed by atoms with Gasteiger partial charge in [-0.25, -0.2) is 4.98 Å². The molecule has 5 aromatic rings. The van der Waals surface area contributed by atoms with Gasteiger partial charge in [0, 0.05) is 25.1 Å². The fourth-order valence-electron chi connectivity index (χ4n) is 4.80. The molecule has 0 atom stereocenters. The molecule has 0 aliphatic carbocycles. The van der Waals surface area contributed by atoms with Crippen molar-refractivity contribution in [3.05, 3.63) is 114 Å². The number of carbonyl (C=O) groups excluding carboxylic acids is 1. The predicted molar refractivity (Wildman–Crippen MR) is 144 cm³/mol. The Hall–Kier alpha value is -3.92. The fourth-order valence-corrected chi connectivity index (χ4v) is 4.80. The molecule has 5 rings (SSSR count). The topological polar surface area (TPSA) is 46.9 Å². The minimum Gasteiger partial charge on any atom is -0.352 e. The number of hydrogen-bond donors (Lipinski definition) is 1. The number of rotatable bonds is 9. The first-order valence-corrected chi connectivity index (χ1v) is 12.5. The Labute approximate surface area is 206 Å². The summed E-state index contributed by atoms with van der Waals surface area (Å²) in [5, 5.41) is 5.62. The van der Waals surface area contributed by atoms with Crippen molar-refractivity contribution < 1.29 is 4.79 Å². The van der Waals surface area contributed by atoms with E-state index in [4.69, 9.17) is 4.98 Å². The second-order valence-corrected chi connectivity index (χ2v) is 9.12. The van der Waals surface area contributed by atoms with Crippen molar-refractivity contribution in [3.63, 3.8) is 0 Å². The molecule has 0 fully saturated rings. The van der Waals surface area contributed by atoms with Crippen molar-refractivity contribution in [2.75, 3.05) is 6.54 Å². The van der Waals surface area contributed by atoms with Crippen LogP contribution in [0.15, 0.2) is 91.0 Å². The van der Waals surface area contributed by atoms with E-state index in [-0.39, 0.29) is 5.91 Å². The summed E-state index contributed by atoms with van der Waals surface area (Å²) in [6, 6.07) is 31.2. The third-order valence-electron chi connectivity index (χ3n) is 6.69. The number of aromatic nitrogens is 2. The number of nitrogens with zero attached hydrogens (tertiary/aromatic N) is 2. The molecule has 176 valence electrons. The maximum atomic E-state index is 12.4. The molecule has 0 radical (unpaired) electrons. The third-order valence-corrected chi connectivity index (χ3v) is 6.69. The summed E-state index contributed by atoms with van der Waals surface area (Å²) in [6.07, 6.45) is 3.97. The van der Waals surface area contributed by atoms with Crippen LogP contribution in [-0.2, 0) is 13.0 Å². The third kappa shape index (κ3) is 5.12. The second kappa shape index (κ2) is 10.6. The summed E-state index contributed by atoms with van der Waals surface area (Å²) in [7, 11) is 0. The molecule has 1 N–H and O–H groups in total. The molecular formula is C31H31N3O. The van der Waals surface area contributed by atoms with Gasteiger partial charge >= 0.3 is 0 Å². The monoisotopic (exact) mass is 461 g/mol. The molecule has 35 heavy (non-hydrogen) atoms. The molecule has 1 amide bonds. The fraction of sp³-hybridized carbons (Fsp3) is 0.226. The highest BCUT2D eigenvalue weighted by molar-refractivity contribution is 5.95. The van der Waals surface area contributed by atoms with Crippen molar-refractivity contribution in [2.24, 2.45) is 0 Å². The molecule has 4 nitrogen and oxygen atoms in total. The van der Waals surface area contributed by atoms with E-state index in [1.165, 1.54) is 21.9 Å². The zero-order valence-electron chi connectivity index (χ0n) is 20.2. The van der Waals surface area contributed by atoms with Crippen LogP contribution in [0.25, 0.3) is 21.8 Å². The van der Waals surface area contributed by atoms with Gasteiger partial charge in [-0.1, -0.05) is 79.2 Å². The summed E-state index contributed by atoms with van der Waals surface area (Å²) in [6.45, 7) is 3.47. The Balaban J connectivity index is 1.23. The Morgan fingerprint density at radius 2 is 1.60 bits per heavy atom. The van der Waals surface area contributed by atoms with E-state index >= 15 is 0 Å². The minimum absolute atomic E-state index is 0.0139. The molecular weight excluding hydrogens is 430 g/mol. The molecule has 0 unspecified atom stereocenters. The van der Waals surface area contributed by atoms with Crippen LogP contribution < -0.4 is 5.32 Å². The van der Waals surface area contributed by atoms with Crippen LogP contribution in [0.2, 0.25) is 0 Å². The van der Waals surface area contributed by atoms with Crippen LogP contribution in [0, 0.1) is 6.92 Å². The number of nitrogens with one attached hydrogen (secondary N) is 1. The van der Waals surface area contributed by atoms with Crippen molar-refractivity contribution in [2.45, 2.75) is 39.2 Å². The summed E-state index contributed by atoms with van der Waals surface area (Å²) in [5.74, 6) is 1.14. The zero-order chi connectivity index (χ0) is 24.0. The van der Waals surface area contributed by atoms with E-state index < -0.39 is 0 Å². The molecule has 1 heterocycles. The van der Waals surface area contributed by atoms with Crippen molar-refractivity contribution in [1.29, 1.82) is 0 Å². The normalized spacial score (nSPS) is 11.2. The number of benzene rings is 4. The SMILES string of the molecule is Cc1ccccc1C(=O)NCCCCCc1nc2ccccc2n1Cc1cccc2ccccc12. The lowest BCUT2D eigenvalue weighted by Crippen LogP contribution is -2.25. The van der Waals surface area contributed by atoms with Crippen LogP contribution >= 0.6 is 0 Å². The van der Waals surface area contributed by atoms with Crippen molar-refractivity contribution in [3.8, 4) is 0 Å². The van der Waals surface area contributed by atoms with Gasteiger partial charge in [0.15, 0.2) is 0 Å². The Bertz CT molecular complexity index is 1460. The van der Waals surface area contributed by atoms with Gasteiger partial charge in [0.05, 0.1) is 11.0 Å². The summed E-state index contributed by atoms with van der Waals surface area (Å²) >= 11 is 0. The highest BCUT2D eigenvalue weighted by atomic mass is 16.1. The Morgan fingerprint density at radius 1 is 0.829 bits per heavy atom. The summed E-state index contributed by atoms with van der Waals surface area (Å²) in [4.78, 5) is 17.4. The van der Waals surface area contributed by atoms with E-state index in [1.54, 1.807) is 0 Å². The molecule has 0 bridgehead atoms. The van der Waals surface area contributed by atoms with Gasteiger partial charge < -0.3 is 9.88 Å². The molecule has 0 saturated carbocycles. The number of fused-ring (bicyclic) bond motifs is 2. The van der Waals surface area contributed by atoms with Gasteiger partial charge in [-0.15, -0.1) is 0 Å². The summed E-state index contributed by atoms with van der Waals surface area (Å²) in [5.41, 5.74) is 5.31. The quantitative estimate of drug-likeness (QED) is 0.249. The maximum absolute atomic E-state index is 12.4. The van der Waals surface area contributed by atoms with Gasteiger partial charge in [-0.05, 0) is 59.9 Å². The van der Waals surface area contributed by atoms with Crippen LogP contribution in [-0.4, -0.2) is 22.0 Å². The molecule has 4 aromatic carbocycles.